The zero-order valence-corrected chi connectivity index (χ0v) is 10.7. The van der Waals surface area contributed by atoms with Crippen molar-refractivity contribution in [2.45, 2.75) is 37.8 Å². The van der Waals surface area contributed by atoms with E-state index in [1.807, 2.05) is 30.3 Å². The summed E-state index contributed by atoms with van der Waals surface area (Å²) in [4.78, 5) is 0. The summed E-state index contributed by atoms with van der Waals surface area (Å²) in [6.07, 6.45) is -3.14. The molecule has 2 aliphatic heterocycles. The second-order valence-electron chi connectivity index (χ2n) is 5.09. The molecule has 0 saturated carbocycles. The molecule has 5 heteroatoms. The van der Waals surface area contributed by atoms with Crippen molar-refractivity contribution in [2.24, 2.45) is 5.92 Å². The lowest BCUT2D eigenvalue weighted by molar-refractivity contribution is -0.345. The van der Waals surface area contributed by atoms with Crippen LogP contribution in [0.1, 0.15) is 18.8 Å². The molecule has 0 spiro atoms. The second kappa shape index (κ2) is 5.19. The lowest BCUT2D eigenvalue weighted by Gasteiger charge is -2.45. The van der Waals surface area contributed by atoms with Gasteiger partial charge in [0.05, 0.1) is 12.7 Å². The molecule has 5 nitrogen and oxygen atoms in total. The molecule has 0 aromatic heterocycles. The van der Waals surface area contributed by atoms with Crippen molar-refractivity contribution in [3.63, 3.8) is 0 Å². The van der Waals surface area contributed by atoms with Crippen molar-refractivity contribution in [3.8, 4) is 0 Å². The average Bonchev–Trinajstić information content (AvgIpc) is 2.46. The minimum atomic E-state index is -0.975. The highest BCUT2D eigenvalue weighted by Crippen LogP contribution is 2.35. The Balaban J connectivity index is 1.75. The molecule has 1 aromatic carbocycles. The van der Waals surface area contributed by atoms with Gasteiger partial charge in [-0.05, 0) is 0 Å². The zero-order valence-electron chi connectivity index (χ0n) is 10.7. The summed E-state index contributed by atoms with van der Waals surface area (Å²) >= 11 is 0. The largest absolute Gasteiger partial charge is 0.390 e. The Hall–Kier alpha value is -0.980. The Morgan fingerprint density at radius 2 is 1.84 bits per heavy atom. The summed E-state index contributed by atoms with van der Waals surface area (Å²) < 4.78 is 16.8. The summed E-state index contributed by atoms with van der Waals surface area (Å²) in [5, 5.41) is 19.9. The number of aliphatic hydroxyl groups is 2. The van der Waals surface area contributed by atoms with Crippen LogP contribution in [0.2, 0.25) is 0 Å². The Kier molecular flexibility index (Phi) is 3.56. The van der Waals surface area contributed by atoms with Gasteiger partial charge in [-0.25, -0.2) is 0 Å². The summed E-state index contributed by atoms with van der Waals surface area (Å²) in [5.74, 6) is -0.379. The molecule has 2 fully saturated rings. The van der Waals surface area contributed by atoms with Gasteiger partial charge in [0.25, 0.3) is 0 Å². The van der Waals surface area contributed by atoms with Crippen LogP contribution in [0.15, 0.2) is 30.3 Å². The summed E-state index contributed by atoms with van der Waals surface area (Å²) in [6, 6.07) is 9.58. The van der Waals surface area contributed by atoms with Crippen molar-refractivity contribution >= 4 is 0 Å². The highest BCUT2D eigenvalue weighted by molar-refractivity contribution is 5.16. The van der Waals surface area contributed by atoms with Gasteiger partial charge < -0.3 is 24.4 Å². The molecule has 2 heterocycles. The maximum absolute atomic E-state index is 10.2. The van der Waals surface area contributed by atoms with Gasteiger partial charge in [0.1, 0.15) is 12.2 Å². The number of benzene rings is 1. The first-order valence-electron chi connectivity index (χ1n) is 6.50. The molecule has 0 bridgehead atoms. The van der Waals surface area contributed by atoms with E-state index < -0.39 is 30.9 Å². The Bertz CT molecular complexity index is 421. The zero-order chi connectivity index (χ0) is 13.4. The molecule has 0 amide bonds. The van der Waals surface area contributed by atoms with Gasteiger partial charge in [-0.2, -0.15) is 0 Å². The van der Waals surface area contributed by atoms with Crippen molar-refractivity contribution in [1.82, 2.24) is 0 Å². The van der Waals surface area contributed by atoms with Crippen LogP contribution in [0.5, 0.6) is 0 Å². The van der Waals surface area contributed by atoms with Gasteiger partial charge in [0.2, 0.25) is 0 Å². The predicted octanol–water partition coefficient (Wildman–Crippen LogP) is 0.815. The molecule has 104 valence electrons. The fraction of sp³-hybridized carbons (Fsp3) is 0.571. The molecule has 0 radical (unpaired) electrons. The average molecular weight is 266 g/mol. The minimum absolute atomic E-state index is 0.297. The third-order valence-electron chi connectivity index (χ3n) is 3.77. The quantitative estimate of drug-likeness (QED) is 0.787. The van der Waals surface area contributed by atoms with E-state index in [0.717, 1.165) is 5.56 Å². The highest BCUT2D eigenvalue weighted by atomic mass is 16.7. The molecule has 19 heavy (non-hydrogen) atoms. The molecular formula is C14H18O5. The smallest absolute Gasteiger partial charge is 0.184 e. The van der Waals surface area contributed by atoms with Gasteiger partial charge in [0, 0.05) is 11.5 Å². The first-order chi connectivity index (χ1) is 9.16. The van der Waals surface area contributed by atoms with Crippen molar-refractivity contribution in [3.05, 3.63) is 35.9 Å². The van der Waals surface area contributed by atoms with Gasteiger partial charge in [-0.15, -0.1) is 0 Å². The molecule has 2 N–H and O–H groups in total. The van der Waals surface area contributed by atoms with E-state index in [0.29, 0.717) is 6.61 Å². The molecule has 0 aliphatic carbocycles. The SMILES string of the molecule is C[C@@H]1C(O)OC2COC(c3ccccc3)O[C@H]2C1O. The van der Waals surface area contributed by atoms with E-state index in [4.69, 9.17) is 14.2 Å². The van der Waals surface area contributed by atoms with Crippen molar-refractivity contribution in [1.29, 1.82) is 0 Å². The Morgan fingerprint density at radius 1 is 1.11 bits per heavy atom. The van der Waals surface area contributed by atoms with E-state index in [2.05, 4.69) is 0 Å². The standard InChI is InChI=1S/C14H18O5/c1-8-11(15)12-10(18-13(8)16)7-17-14(19-12)9-5-3-2-4-6-9/h2-6,8,10-16H,7H2,1H3/t8-,10?,11?,12+,13?,14?/m0/s1. The predicted molar refractivity (Wildman–Crippen MR) is 66.1 cm³/mol. The lowest BCUT2D eigenvalue weighted by atomic mass is 9.92. The first-order valence-corrected chi connectivity index (χ1v) is 6.50. The number of ether oxygens (including phenoxy) is 3. The van der Waals surface area contributed by atoms with E-state index in [1.165, 1.54) is 0 Å². The molecular weight excluding hydrogens is 248 g/mol. The number of fused-ring (bicyclic) bond motifs is 1. The maximum Gasteiger partial charge on any atom is 0.184 e. The van der Waals surface area contributed by atoms with E-state index >= 15 is 0 Å². The Morgan fingerprint density at radius 3 is 2.58 bits per heavy atom. The summed E-state index contributed by atoms with van der Waals surface area (Å²) in [7, 11) is 0. The van der Waals surface area contributed by atoms with Crippen LogP contribution < -0.4 is 0 Å². The minimum Gasteiger partial charge on any atom is -0.390 e. The van der Waals surface area contributed by atoms with E-state index in [9.17, 15) is 10.2 Å². The fourth-order valence-electron chi connectivity index (χ4n) is 2.52. The van der Waals surface area contributed by atoms with Crippen LogP contribution in [0.4, 0.5) is 0 Å². The van der Waals surface area contributed by atoms with Crippen molar-refractivity contribution < 1.29 is 24.4 Å². The molecule has 4 unspecified atom stereocenters. The Labute approximate surface area is 111 Å². The molecule has 6 atom stereocenters. The fourth-order valence-corrected chi connectivity index (χ4v) is 2.52. The van der Waals surface area contributed by atoms with E-state index in [-0.39, 0.29) is 5.92 Å². The molecule has 2 saturated heterocycles. The van der Waals surface area contributed by atoms with Crippen LogP contribution in [0.25, 0.3) is 0 Å². The highest BCUT2D eigenvalue weighted by Gasteiger charge is 2.47. The monoisotopic (exact) mass is 266 g/mol. The number of rotatable bonds is 1. The topological polar surface area (TPSA) is 68.2 Å². The number of hydrogen-bond acceptors (Lipinski definition) is 5. The normalized spacial score (nSPS) is 42.7. The first kappa shape index (κ1) is 13.0. The molecule has 3 rings (SSSR count). The lowest BCUT2D eigenvalue weighted by Crippen LogP contribution is -2.58. The summed E-state index contributed by atoms with van der Waals surface area (Å²) in [6.45, 7) is 2.03. The van der Waals surface area contributed by atoms with Crippen LogP contribution in [-0.4, -0.2) is 41.4 Å². The maximum atomic E-state index is 10.2. The van der Waals surface area contributed by atoms with Gasteiger partial charge in [-0.3, -0.25) is 0 Å². The summed E-state index contributed by atoms with van der Waals surface area (Å²) in [5.41, 5.74) is 0.909. The second-order valence-corrected chi connectivity index (χ2v) is 5.09. The van der Waals surface area contributed by atoms with Gasteiger partial charge in [-0.1, -0.05) is 37.3 Å². The van der Waals surface area contributed by atoms with Crippen LogP contribution in [0, 0.1) is 5.92 Å². The van der Waals surface area contributed by atoms with Crippen molar-refractivity contribution in [2.75, 3.05) is 6.61 Å². The number of aliphatic hydroxyl groups excluding tert-OH is 2. The van der Waals surface area contributed by atoms with Gasteiger partial charge >= 0.3 is 0 Å². The third kappa shape index (κ3) is 2.40. The van der Waals surface area contributed by atoms with E-state index in [1.54, 1.807) is 6.92 Å². The van der Waals surface area contributed by atoms with Gasteiger partial charge in [0.15, 0.2) is 12.6 Å². The van der Waals surface area contributed by atoms with Crippen LogP contribution >= 0.6 is 0 Å². The molecule has 2 aliphatic rings. The number of hydrogen-bond donors (Lipinski definition) is 2. The van der Waals surface area contributed by atoms with Crippen LogP contribution in [0.3, 0.4) is 0 Å². The van der Waals surface area contributed by atoms with Crippen LogP contribution in [-0.2, 0) is 14.2 Å². The third-order valence-corrected chi connectivity index (χ3v) is 3.77. The molecule has 1 aromatic rings.